The van der Waals surface area contributed by atoms with Gasteiger partial charge >= 0.3 is 0 Å². The molecule has 4 rings (SSSR count). The van der Waals surface area contributed by atoms with Crippen LogP contribution < -0.4 is 20.3 Å². The lowest BCUT2D eigenvalue weighted by Gasteiger charge is -2.14. The number of H-pyrrole nitrogens is 1. The van der Waals surface area contributed by atoms with Gasteiger partial charge in [-0.1, -0.05) is 12.1 Å². The van der Waals surface area contributed by atoms with Crippen LogP contribution in [0.15, 0.2) is 41.5 Å². The summed E-state index contributed by atoms with van der Waals surface area (Å²) in [6, 6.07) is 8.28. The third-order valence-electron chi connectivity index (χ3n) is 4.28. The number of nitrogens with zero attached hydrogens (tertiary/aromatic N) is 2. The number of nitro benzene ring substituents is 1. The summed E-state index contributed by atoms with van der Waals surface area (Å²) >= 11 is 0. The van der Waals surface area contributed by atoms with Crippen molar-refractivity contribution in [3.05, 3.63) is 62.7 Å². The Bertz CT molecular complexity index is 1080. The smallest absolute Gasteiger partial charge is 0.293 e. The van der Waals surface area contributed by atoms with Gasteiger partial charge in [-0.05, 0) is 12.1 Å². The number of aromatic nitrogens is 2. The number of ether oxygens (including phenoxy) is 2. The highest BCUT2D eigenvalue weighted by molar-refractivity contribution is 5.86. The highest BCUT2D eigenvalue weighted by atomic mass is 16.6. The molecular formula is C18H16N4O5. The Balaban J connectivity index is 1.69. The van der Waals surface area contributed by atoms with E-state index in [2.05, 4.69) is 15.3 Å². The highest BCUT2D eigenvalue weighted by Crippen LogP contribution is 2.34. The summed E-state index contributed by atoms with van der Waals surface area (Å²) in [7, 11) is 0. The molecule has 0 bridgehead atoms. The Morgan fingerprint density at radius 2 is 2.11 bits per heavy atom. The number of benzene rings is 2. The lowest BCUT2D eigenvalue weighted by Crippen LogP contribution is -2.09. The van der Waals surface area contributed by atoms with Crippen LogP contribution in [0.5, 0.6) is 11.5 Å². The molecule has 9 nitrogen and oxygen atoms in total. The second-order valence-corrected chi connectivity index (χ2v) is 6.02. The Kier molecular flexibility index (Phi) is 4.33. The molecule has 3 aromatic rings. The van der Waals surface area contributed by atoms with E-state index >= 15 is 0 Å². The van der Waals surface area contributed by atoms with Crippen molar-refractivity contribution in [1.29, 1.82) is 0 Å². The number of hydrogen-bond acceptors (Lipinski definition) is 7. The predicted octanol–water partition coefficient (Wildman–Crippen LogP) is 2.60. The van der Waals surface area contributed by atoms with Crippen molar-refractivity contribution in [3.63, 3.8) is 0 Å². The van der Waals surface area contributed by atoms with Gasteiger partial charge in [-0.3, -0.25) is 14.9 Å². The quantitative estimate of drug-likeness (QED) is 0.536. The average Bonchev–Trinajstić information content (AvgIpc) is 2.91. The summed E-state index contributed by atoms with van der Waals surface area (Å²) in [5, 5.41) is 14.7. The first-order valence-corrected chi connectivity index (χ1v) is 8.40. The van der Waals surface area contributed by atoms with E-state index < -0.39 is 10.5 Å². The van der Waals surface area contributed by atoms with Crippen molar-refractivity contribution >= 4 is 22.3 Å². The molecule has 0 aliphatic carbocycles. The van der Waals surface area contributed by atoms with Gasteiger partial charge in [0, 0.05) is 24.6 Å². The standard InChI is InChI=1S/C18H16N4O5/c23-18-12-7-15(22(24)25)14(8-13(12)20-10-21-18)19-9-11-3-1-4-16-17(11)27-6-2-5-26-16/h1,3-4,7-8,10,19H,2,5-6,9H2,(H,20,21,23). The number of hydrogen-bond donors (Lipinski definition) is 2. The van der Waals surface area contributed by atoms with Gasteiger partial charge in [0.1, 0.15) is 5.69 Å². The van der Waals surface area contributed by atoms with Crippen molar-refractivity contribution < 1.29 is 14.4 Å². The second-order valence-electron chi connectivity index (χ2n) is 6.02. The fraction of sp³-hybridized carbons (Fsp3) is 0.222. The fourth-order valence-electron chi connectivity index (χ4n) is 2.98. The number of fused-ring (bicyclic) bond motifs is 2. The zero-order valence-electron chi connectivity index (χ0n) is 14.2. The number of nitro groups is 1. The topological polar surface area (TPSA) is 119 Å². The first-order chi connectivity index (χ1) is 13.1. The van der Waals surface area contributed by atoms with Crippen LogP contribution in [0.2, 0.25) is 0 Å². The van der Waals surface area contributed by atoms with Crippen LogP contribution >= 0.6 is 0 Å². The normalized spacial score (nSPS) is 13.2. The Labute approximate surface area is 153 Å². The first kappa shape index (κ1) is 16.8. The molecule has 0 unspecified atom stereocenters. The molecule has 0 atom stereocenters. The molecule has 2 aromatic carbocycles. The number of nitrogens with one attached hydrogen (secondary N) is 2. The van der Waals surface area contributed by atoms with Gasteiger partial charge in [-0.2, -0.15) is 0 Å². The van der Waals surface area contributed by atoms with Gasteiger partial charge < -0.3 is 19.8 Å². The van der Waals surface area contributed by atoms with E-state index in [4.69, 9.17) is 9.47 Å². The zero-order chi connectivity index (χ0) is 18.8. The lowest BCUT2D eigenvalue weighted by molar-refractivity contribution is -0.383. The third-order valence-corrected chi connectivity index (χ3v) is 4.28. The van der Waals surface area contributed by atoms with E-state index in [0.717, 1.165) is 12.0 Å². The van der Waals surface area contributed by atoms with Gasteiger partial charge in [0.05, 0.1) is 35.4 Å². The largest absolute Gasteiger partial charge is 0.490 e. The number of rotatable bonds is 4. The molecular weight excluding hydrogens is 352 g/mol. The molecule has 0 amide bonds. The monoisotopic (exact) mass is 368 g/mol. The van der Waals surface area contributed by atoms with Crippen molar-refractivity contribution in [1.82, 2.24) is 9.97 Å². The summed E-state index contributed by atoms with van der Waals surface area (Å²) in [5.41, 5.74) is 0.854. The minimum absolute atomic E-state index is 0.167. The van der Waals surface area contributed by atoms with Gasteiger partial charge in [-0.15, -0.1) is 0 Å². The van der Waals surface area contributed by atoms with Crippen LogP contribution in [0.1, 0.15) is 12.0 Å². The van der Waals surface area contributed by atoms with Crippen LogP contribution in [0, 0.1) is 10.1 Å². The Morgan fingerprint density at radius 1 is 1.26 bits per heavy atom. The van der Waals surface area contributed by atoms with Gasteiger partial charge in [0.15, 0.2) is 11.5 Å². The molecule has 2 N–H and O–H groups in total. The maximum Gasteiger partial charge on any atom is 0.293 e. The maximum atomic E-state index is 11.9. The SMILES string of the molecule is O=c1[nH]cnc2cc(NCc3cccc4c3OCCCO4)c([N+](=O)[O-])cc12. The lowest BCUT2D eigenvalue weighted by atomic mass is 10.1. The average molecular weight is 368 g/mol. The molecule has 0 saturated heterocycles. The van der Waals surface area contributed by atoms with E-state index in [1.807, 2.05) is 18.2 Å². The molecule has 0 radical (unpaired) electrons. The van der Waals surface area contributed by atoms with Gasteiger partial charge in [0.2, 0.25) is 0 Å². The van der Waals surface area contributed by atoms with E-state index in [-0.39, 0.29) is 16.8 Å². The van der Waals surface area contributed by atoms with E-state index in [0.29, 0.717) is 36.8 Å². The molecule has 1 aliphatic heterocycles. The van der Waals surface area contributed by atoms with Gasteiger partial charge in [-0.25, -0.2) is 4.98 Å². The minimum atomic E-state index is -0.528. The van der Waals surface area contributed by atoms with E-state index in [1.165, 1.54) is 18.5 Å². The van der Waals surface area contributed by atoms with Crippen LogP contribution in [0.4, 0.5) is 11.4 Å². The number of para-hydroxylation sites is 1. The van der Waals surface area contributed by atoms with E-state index in [9.17, 15) is 14.9 Å². The first-order valence-electron chi connectivity index (χ1n) is 8.40. The molecule has 1 aromatic heterocycles. The predicted molar refractivity (Wildman–Crippen MR) is 98.4 cm³/mol. The highest BCUT2D eigenvalue weighted by Gasteiger charge is 2.19. The summed E-state index contributed by atoms with van der Waals surface area (Å²) in [4.78, 5) is 29.3. The summed E-state index contributed by atoms with van der Waals surface area (Å²) in [5.74, 6) is 1.30. The molecule has 0 fully saturated rings. The fourth-order valence-corrected chi connectivity index (χ4v) is 2.98. The molecule has 0 saturated carbocycles. The van der Waals surface area contributed by atoms with Crippen molar-refractivity contribution in [2.24, 2.45) is 0 Å². The van der Waals surface area contributed by atoms with Crippen LogP contribution in [0.3, 0.4) is 0 Å². The summed E-state index contributed by atoms with van der Waals surface area (Å²) in [6.07, 6.45) is 2.06. The van der Waals surface area contributed by atoms with Crippen LogP contribution in [0.25, 0.3) is 10.9 Å². The number of anilines is 1. The maximum absolute atomic E-state index is 11.9. The zero-order valence-corrected chi connectivity index (χ0v) is 14.2. The molecule has 27 heavy (non-hydrogen) atoms. The molecule has 0 spiro atoms. The minimum Gasteiger partial charge on any atom is -0.490 e. The van der Waals surface area contributed by atoms with Crippen molar-refractivity contribution in [2.75, 3.05) is 18.5 Å². The summed E-state index contributed by atoms with van der Waals surface area (Å²) in [6.45, 7) is 1.43. The third kappa shape index (κ3) is 3.26. The van der Waals surface area contributed by atoms with Crippen LogP contribution in [-0.2, 0) is 6.54 Å². The van der Waals surface area contributed by atoms with Crippen LogP contribution in [-0.4, -0.2) is 28.1 Å². The molecule has 1 aliphatic rings. The summed E-state index contributed by atoms with van der Waals surface area (Å²) < 4.78 is 11.4. The Morgan fingerprint density at radius 3 is 2.96 bits per heavy atom. The van der Waals surface area contributed by atoms with Crippen molar-refractivity contribution in [2.45, 2.75) is 13.0 Å². The van der Waals surface area contributed by atoms with Gasteiger partial charge in [0.25, 0.3) is 11.2 Å². The second kappa shape index (κ2) is 6.94. The molecule has 9 heteroatoms. The molecule has 138 valence electrons. The molecule has 2 heterocycles. The Hall–Kier alpha value is -3.62. The number of aromatic amines is 1. The van der Waals surface area contributed by atoms with Crippen molar-refractivity contribution in [3.8, 4) is 11.5 Å². The van der Waals surface area contributed by atoms with E-state index in [1.54, 1.807) is 0 Å².